The van der Waals surface area contributed by atoms with Crippen LogP contribution in [0.25, 0.3) is 0 Å². The second-order valence-electron chi connectivity index (χ2n) is 10.8. The molecule has 0 saturated heterocycles. The van der Waals surface area contributed by atoms with Crippen LogP contribution < -0.4 is 9.47 Å². The number of esters is 1. The zero-order chi connectivity index (χ0) is 24.9. The van der Waals surface area contributed by atoms with Gasteiger partial charge in [0, 0.05) is 11.0 Å². The van der Waals surface area contributed by atoms with Crippen molar-refractivity contribution in [3.8, 4) is 11.5 Å². The van der Waals surface area contributed by atoms with Gasteiger partial charge in [0.05, 0.1) is 12.7 Å². The molecule has 3 saturated carbocycles. The first kappa shape index (κ1) is 23.0. The van der Waals surface area contributed by atoms with Gasteiger partial charge in [0.25, 0.3) is 0 Å². The lowest BCUT2D eigenvalue weighted by Crippen LogP contribution is -2.40. The molecule has 2 bridgehead atoms. The van der Waals surface area contributed by atoms with Gasteiger partial charge in [-0.2, -0.15) is 0 Å². The van der Waals surface area contributed by atoms with Crippen molar-refractivity contribution >= 4 is 11.8 Å². The van der Waals surface area contributed by atoms with E-state index in [0.29, 0.717) is 22.8 Å². The van der Waals surface area contributed by atoms with Crippen LogP contribution in [0.1, 0.15) is 70.9 Å². The Morgan fingerprint density at radius 2 is 1.36 bits per heavy atom. The maximum atomic E-state index is 12.7. The highest BCUT2D eigenvalue weighted by molar-refractivity contribution is 5.96. The first-order valence-corrected chi connectivity index (χ1v) is 13.1. The van der Waals surface area contributed by atoms with Crippen molar-refractivity contribution in [2.45, 2.75) is 44.4 Å². The van der Waals surface area contributed by atoms with Gasteiger partial charge in [0.2, 0.25) is 0 Å². The standard InChI is InChI=1S/C32H32O4/c1-20(33)21-6-8-22(9-7-21)31(34)36-27-16-12-25(13-17-27)32(24-10-14-26(35-2)15-11-24)19-23-18-30(32)29-5-3-4-28(23)29/h6-17,23,28-30H,3-5,18-19H2,1-2H3. The fourth-order valence-electron chi connectivity index (χ4n) is 7.69. The van der Waals surface area contributed by atoms with Gasteiger partial charge in [-0.25, -0.2) is 4.79 Å². The molecule has 3 aromatic rings. The number of benzene rings is 3. The minimum atomic E-state index is -0.420. The Morgan fingerprint density at radius 1 is 0.778 bits per heavy atom. The highest BCUT2D eigenvalue weighted by atomic mass is 16.5. The van der Waals surface area contributed by atoms with E-state index in [1.165, 1.54) is 50.2 Å². The molecule has 0 aliphatic heterocycles. The molecule has 5 atom stereocenters. The number of hydrogen-bond acceptors (Lipinski definition) is 4. The molecule has 36 heavy (non-hydrogen) atoms. The number of Topliss-reactive ketones (excluding diaryl/α,β-unsaturated/α-hetero) is 1. The topological polar surface area (TPSA) is 52.6 Å². The zero-order valence-corrected chi connectivity index (χ0v) is 20.9. The zero-order valence-electron chi connectivity index (χ0n) is 20.9. The predicted molar refractivity (Wildman–Crippen MR) is 139 cm³/mol. The van der Waals surface area contributed by atoms with Crippen LogP contribution in [0.5, 0.6) is 11.5 Å². The second kappa shape index (κ2) is 8.92. The van der Waals surface area contributed by atoms with Crippen LogP contribution in [0.3, 0.4) is 0 Å². The molecule has 4 heteroatoms. The van der Waals surface area contributed by atoms with Crippen LogP contribution in [0.15, 0.2) is 72.8 Å². The molecule has 0 aromatic heterocycles. The van der Waals surface area contributed by atoms with E-state index in [1.807, 2.05) is 12.1 Å². The second-order valence-corrected chi connectivity index (χ2v) is 10.8. The van der Waals surface area contributed by atoms with Crippen LogP contribution in [-0.4, -0.2) is 18.9 Å². The molecule has 0 amide bonds. The first-order valence-electron chi connectivity index (χ1n) is 13.1. The lowest BCUT2D eigenvalue weighted by molar-refractivity contribution is 0.0734. The van der Waals surface area contributed by atoms with E-state index < -0.39 is 5.97 Å². The Morgan fingerprint density at radius 3 is 1.97 bits per heavy atom. The largest absolute Gasteiger partial charge is 0.497 e. The van der Waals surface area contributed by atoms with Gasteiger partial charge in [0.15, 0.2) is 5.78 Å². The van der Waals surface area contributed by atoms with Crippen molar-refractivity contribution in [2.75, 3.05) is 7.11 Å². The summed E-state index contributed by atoms with van der Waals surface area (Å²) in [6.07, 6.45) is 6.61. The first-order chi connectivity index (χ1) is 17.5. The van der Waals surface area contributed by atoms with Gasteiger partial charge >= 0.3 is 5.97 Å². The van der Waals surface area contributed by atoms with Crippen molar-refractivity contribution < 1.29 is 19.1 Å². The minimum absolute atomic E-state index is 0.00644. The van der Waals surface area contributed by atoms with E-state index in [-0.39, 0.29) is 11.2 Å². The molecule has 0 N–H and O–H groups in total. The summed E-state index contributed by atoms with van der Waals surface area (Å²) >= 11 is 0. The monoisotopic (exact) mass is 480 g/mol. The summed E-state index contributed by atoms with van der Waals surface area (Å²) < 4.78 is 11.1. The molecule has 0 heterocycles. The summed E-state index contributed by atoms with van der Waals surface area (Å²) in [7, 11) is 1.71. The van der Waals surface area contributed by atoms with Gasteiger partial charge < -0.3 is 9.47 Å². The number of methoxy groups -OCH3 is 1. The highest BCUT2D eigenvalue weighted by Gasteiger charge is 2.61. The summed E-state index contributed by atoms with van der Waals surface area (Å²) in [5.74, 6) is 4.12. The molecular weight excluding hydrogens is 448 g/mol. The Bertz CT molecular complexity index is 1280. The van der Waals surface area contributed by atoms with Crippen molar-refractivity contribution in [2.24, 2.45) is 23.7 Å². The Labute approximate surface area is 212 Å². The quantitative estimate of drug-likeness (QED) is 0.220. The van der Waals surface area contributed by atoms with E-state index >= 15 is 0 Å². The molecule has 3 fully saturated rings. The number of hydrogen-bond donors (Lipinski definition) is 0. The molecule has 3 aliphatic carbocycles. The Balaban J connectivity index is 1.29. The number of ketones is 1. The number of ether oxygens (including phenoxy) is 2. The molecule has 3 aromatic carbocycles. The van der Waals surface area contributed by atoms with Gasteiger partial charge in [-0.3, -0.25) is 4.79 Å². The fourth-order valence-corrected chi connectivity index (χ4v) is 7.69. The maximum absolute atomic E-state index is 12.7. The lowest BCUT2D eigenvalue weighted by Gasteiger charge is -2.44. The normalized spacial score (nSPS) is 28.1. The average Bonchev–Trinajstić information content (AvgIpc) is 3.63. The molecule has 0 radical (unpaired) electrons. The van der Waals surface area contributed by atoms with E-state index in [9.17, 15) is 9.59 Å². The summed E-state index contributed by atoms with van der Waals surface area (Å²) in [5.41, 5.74) is 3.69. The van der Waals surface area contributed by atoms with Crippen LogP contribution in [0, 0.1) is 23.7 Å². The maximum Gasteiger partial charge on any atom is 0.343 e. The molecule has 5 unspecified atom stereocenters. The van der Waals surface area contributed by atoms with E-state index in [1.54, 1.807) is 31.4 Å². The van der Waals surface area contributed by atoms with Gasteiger partial charge in [-0.15, -0.1) is 0 Å². The summed E-state index contributed by atoms with van der Waals surface area (Å²) in [6.45, 7) is 1.51. The highest BCUT2D eigenvalue weighted by Crippen LogP contribution is 2.68. The average molecular weight is 481 g/mol. The van der Waals surface area contributed by atoms with Crippen LogP contribution in [0.2, 0.25) is 0 Å². The van der Waals surface area contributed by atoms with Gasteiger partial charge in [-0.05, 0) is 104 Å². The van der Waals surface area contributed by atoms with Crippen LogP contribution >= 0.6 is 0 Å². The Kier molecular flexibility index (Phi) is 5.70. The van der Waals surface area contributed by atoms with Crippen LogP contribution in [-0.2, 0) is 5.41 Å². The molecule has 0 spiro atoms. The summed E-state index contributed by atoms with van der Waals surface area (Å²) in [4.78, 5) is 24.2. The number of carbonyl (C=O) groups excluding carboxylic acids is 2. The molecule has 6 rings (SSSR count). The molecule has 4 nitrogen and oxygen atoms in total. The van der Waals surface area contributed by atoms with Gasteiger partial charge in [0.1, 0.15) is 11.5 Å². The third-order valence-electron chi connectivity index (χ3n) is 9.23. The van der Waals surface area contributed by atoms with Crippen molar-refractivity contribution in [1.82, 2.24) is 0 Å². The van der Waals surface area contributed by atoms with Crippen molar-refractivity contribution in [3.63, 3.8) is 0 Å². The van der Waals surface area contributed by atoms with Crippen LogP contribution in [0.4, 0.5) is 0 Å². The third-order valence-corrected chi connectivity index (χ3v) is 9.23. The summed E-state index contributed by atoms with van der Waals surface area (Å²) in [6, 6.07) is 23.5. The summed E-state index contributed by atoms with van der Waals surface area (Å²) in [5, 5.41) is 0. The Hall–Kier alpha value is -3.40. The van der Waals surface area contributed by atoms with E-state index in [4.69, 9.17) is 9.47 Å². The smallest absolute Gasteiger partial charge is 0.343 e. The SMILES string of the molecule is COc1ccc(C2(c3ccc(OC(=O)c4ccc(C(C)=O)cc4)cc3)CC3CC2C2CCCC32)cc1. The number of fused-ring (bicyclic) bond motifs is 5. The predicted octanol–water partition coefficient (Wildman–Crippen LogP) is 6.86. The van der Waals surface area contributed by atoms with E-state index in [2.05, 4.69) is 36.4 Å². The number of carbonyl (C=O) groups is 2. The van der Waals surface area contributed by atoms with Crippen molar-refractivity contribution in [3.05, 3.63) is 95.1 Å². The lowest BCUT2D eigenvalue weighted by atomic mass is 9.59. The number of rotatable bonds is 6. The van der Waals surface area contributed by atoms with Crippen molar-refractivity contribution in [1.29, 1.82) is 0 Å². The fraction of sp³-hybridized carbons (Fsp3) is 0.375. The van der Waals surface area contributed by atoms with Gasteiger partial charge in [-0.1, -0.05) is 42.8 Å². The van der Waals surface area contributed by atoms with E-state index in [0.717, 1.165) is 23.5 Å². The molecule has 3 aliphatic rings. The molecular formula is C32H32O4. The third kappa shape index (κ3) is 3.66. The minimum Gasteiger partial charge on any atom is -0.497 e. The molecule has 184 valence electrons.